The lowest BCUT2D eigenvalue weighted by molar-refractivity contribution is -0.385. The lowest BCUT2D eigenvalue weighted by Gasteiger charge is -2.13. The van der Waals surface area contributed by atoms with Gasteiger partial charge in [-0.2, -0.15) is 0 Å². The minimum Gasteiger partial charge on any atom is -0.489 e. The maximum atomic E-state index is 11.0. The van der Waals surface area contributed by atoms with Crippen LogP contribution in [0.1, 0.15) is 19.4 Å². The first kappa shape index (κ1) is 16.1. The first-order valence-corrected chi connectivity index (χ1v) is 7.27. The predicted molar refractivity (Wildman–Crippen MR) is 87.6 cm³/mol. The molecule has 0 bridgehead atoms. The molecule has 0 radical (unpaired) electrons. The largest absolute Gasteiger partial charge is 0.489 e. The second-order valence-corrected chi connectivity index (χ2v) is 5.46. The normalized spacial score (nSPS) is 10.5. The number of rotatable bonds is 6. The number of nitrogens with zero attached hydrogens (tertiary/aromatic N) is 1. The van der Waals surface area contributed by atoms with Crippen LogP contribution in [-0.4, -0.2) is 11.0 Å². The minimum absolute atomic E-state index is 0.0447. The molecule has 0 atom stereocenters. The average molecular weight is 321 g/mol. The Morgan fingerprint density at radius 2 is 2.00 bits per heavy atom. The third kappa shape index (κ3) is 4.11. The number of ether oxygens (including phenoxy) is 1. The molecular weight excluding hydrogens is 304 g/mol. The number of benzene rings is 2. The molecule has 0 unspecified atom stereocenters. The molecule has 0 aliphatic carbocycles. The van der Waals surface area contributed by atoms with Gasteiger partial charge in [-0.1, -0.05) is 29.8 Å². The Morgan fingerprint density at radius 3 is 2.64 bits per heavy atom. The van der Waals surface area contributed by atoms with E-state index in [1.165, 1.54) is 6.07 Å². The summed E-state index contributed by atoms with van der Waals surface area (Å²) >= 11 is 6.16. The van der Waals surface area contributed by atoms with E-state index < -0.39 is 0 Å². The van der Waals surface area contributed by atoms with E-state index in [9.17, 15) is 10.1 Å². The van der Waals surface area contributed by atoms with Gasteiger partial charge in [-0.3, -0.25) is 10.1 Å². The van der Waals surface area contributed by atoms with Crippen LogP contribution in [0.5, 0.6) is 5.75 Å². The lowest BCUT2D eigenvalue weighted by atomic mass is 10.1. The number of halogens is 1. The molecule has 2 aromatic carbocycles. The Bertz CT molecular complexity index is 674. The summed E-state index contributed by atoms with van der Waals surface area (Å²) in [7, 11) is 0. The Morgan fingerprint density at radius 1 is 1.27 bits per heavy atom. The van der Waals surface area contributed by atoms with Crippen LogP contribution in [-0.2, 0) is 6.54 Å². The van der Waals surface area contributed by atoms with Crippen LogP contribution in [0.15, 0.2) is 42.5 Å². The molecular formula is C16H17ClN2O3. The summed E-state index contributed by atoms with van der Waals surface area (Å²) in [6, 6.07) is 12.0. The van der Waals surface area contributed by atoms with Gasteiger partial charge in [0.2, 0.25) is 0 Å². The van der Waals surface area contributed by atoms with Crippen molar-refractivity contribution in [2.24, 2.45) is 0 Å². The van der Waals surface area contributed by atoms with Crippen molar-refractivity contribution in [3.8, 4) is 5.75 Å². The van der Waals surface area contributed by atoms with Gasteiger partial charge >= 0.3 is 0 Å². The van der Waals surface area contributed by atoms with Crippen LogP contribution in [0.3, 0.4) is 0 Å². The molecule has 0 heterocycles. The molecule has 0 saturated carbocycles. The second kappa shape index (κ2) is 7.13. The molecule has 0 fully saturated rings. The minimum atomic E-state index is -0.385. The van der Waals surface area contributed by atoms with Gasteiger partial charge in [0, 0.05) is 23.9 Å². The van der Waals surface area contributed by atoms with Gasteiger partial charge in [0.05, 0.1) is 16.0 Å². The van der Waals surface area contributed by atoms with E-state index in [1.54, 1.807) is 30.3 Å². The fraction of sp³-hybridized carbons (Fsp3) is 0.250. The van der Waals surface area contributed by atoms with Crippen molar-refractivity contribution < 1.29 is 9.66 Å². The van der Waals surface area contributed by atoms with Crippen molar-refractivity contribution in [2.75, 3.05) is 5.32 Å². The topological polar surface area (TPSA) is 64.4 Å². The predicted octanol–water partition coefficient (Wildman–Crippen LogP) is 4.65. The van der Waals surface area contributed by atoms with E-state index in [-0.39, 0.29) is 16.7 Å². The van der Waals surface area contributed by atoms with E-state index in [0.29, 0.717) is 22.9 Å². The molecule has 2 aromatic rings. The fourth-order valence-electron chi connectivity index (χ4n) is 2.00. The van der Waals surface area contributed by atoms with Gasteiger partial charge in [0.15, 0.2) is 0 Å². The molecule has 0 amide bonds. The molecule has 0 aromatic heterocycles. The SMILES string of the molecule is CC(C)Oc1ccc(NCc2ccccc2[N+](=O)[O-])cc1Cl. The van der Waals surface area contributed by atoms with Crippen LogP contribution < -0.4 is 10.1 Å². The quantitative estimate of drug-likeness (QED) is 0.621. The average Bonchev–Trinajstić information content (AvgIpc) is 2.47. The molecule has 0 aliphatic heterocycles. The molecule has 5 nitrogen and oxygen atoms in total. The van der Waals surface area contributed by atoms with Gasteiger partial charge in [-0.05, 0) is 32.0 Å². The second-order valence-electron chi connectivity index (χ2n) is 5.05. The molecule has 0 saturated heterocycles. The van der Waals surface area contributed by atoms with E-state index in [1.807, 2.05) is 19.9 Å². The first-order chi connectivity index (χ1) is 10.5. The van der Waals surface area contributed by atoms with Gasteiger partial charge in [-0.15, -0.1) is 0 Å². The van der Waals surface area contributed by atoms with Gasteiger partial charge in [-0.25, -0.2) is 0 Å². The highest BCUT2D eigenvalue weighted by Gasteiger charge is 2.12. The van der Waals surface area contributed by atoms with Crippen molar-refractivity contribution in [3.63, 3.8) is 0 Å². The molecule has 0 spiro atoms. The number of nitro groups is 1. The molecule has 2 rings (SSSR count). The van der Waals surface area contributed by atoms with Gasteiger partial charge in [0.25, 0.3) is 5.69 Å². The third-order valence-corrected chi connectivity index (χ3v) is 3.26. The molecule has 0 aliphatic rings. The number of para-hydroxylation sites is 1. The van der Waals surface area contributed by atoms with E-state index in [0.717, 1.165) is 5.69 Å². The molecule has 22 heavy (non-hydrogen) atoms. The zero-order valence-corrected chi connectivity index (χ0v) is 13.1. The maximum absolute atomic E-state index is 11.0. The Kier molecular flexibility index (Phi) is 5.22. The number of nitrogens with one attached hydrogen (secondary N) is 1. The van der Waals surface area contributed by atoms with Crippen LogP contribution in [0.25, 0.3) is 0 Å². The summed E-state index contributed by atoms with van der Waals surface area (Å²) in [6.45, 7) is 4.20. The summed E-state index contributed by atoms with van der Waals surface area (Å²) in [5.74, 6) is 0.618. The fourth-order valence-corrected chi connectivity index (χ4v) is 2.22. The van der Waals surface area contributed by atoms with Gasteiger partial charge in [0.1, 0.15) is 5.75 Å². The summed E-state index contributed by atoms with van der Waals surface area (Å²) < 4.78 is 5.56. The van der Waals surface area contributed by atoms with Crippen molar-refractivity contribution in [2.45, 2.75) is 26.5 Å². The lowest BCUT2D eigenvalue weighted by Crippen LogP contribution is -2.06. The summed E-state index contributed by atoms with van der Waals surface area (Å²) in [4.78, 5) is 10.6. The van der Waals surface area contributed by atoms with Crippen LogP contribution in [0.2, 0.25) is 5.02 Å². The highest BCUT2D eigenvalue weighted by molar-refractivity contribution is 6.32. The van der Waals surface area contributed by atoms with Crippen LogP contribution in [0, 0.1) is 10.1 Å². The monoisotopic (exact) mass is 320 g/mol. The van der Waals surface area contributed by atoms with Crippen molar-refractivity contribution in [1.82, 2.24) is 0 Å². The van der Waals surface area contributed by atoms with Crippen molar-refractivity contribution >= 4 is 23.0 Å². The highest BCUT2D eigenvalue weighted by Crippen LogP contribution is 2.29. The van der Waals surface area contributed by atoms with Gasteiger partial charge < -0.3 is 10.1 Å². The number of hydrogen-bond acceptors (Lipinski definition) is 4. The highest BCUT2D eigenvalue weighted by atomic mass is 35.5. The Labute approximate surface area is 134 Å². The zero-order chi connectivity index (χ0) is 16.1. The van der Waals surface area contributed by atoms with E-state index in [4.69, 9.17) is 16.3 Å². The third-order valence-electron chi connectivity index (χ3n) is 2.97. The van der Waals surface area contributed by atoms with E-state index in [2.05, 4.69) is 5.32 Å². The number of nitro benzene ring substituents is 1. The summed E-state index contributed by atoms with van der Waals surface area (Å²) in [6.07, 6.45) is 0.0447. The van der Waals surface area contributed by atoms with Crippen molar-refractivity contribution in [1.29, 1.82) is 0 Å². The number of anilines is 1. The standard InChI is InChI=1S/C16H17ClN2O3/c1-11(2)22-16-8-7-13(9-14(16)17)18-10-12-5-3-4-6-15(12)19(20)21/h3-9,11,18H,10H2,1-2H3. The van der Waals surface area contributed by atoms with Crippen molar-refractivity contribution in [3.05, 3.63) is 63.2 Å². The summed E-state index contributed by atoms with van der Waals surface area (Å²) in [5, 5.41) is 14.6. The molecule has 6 heteroatoms. The van der Waals surface area contributed by atoms with Crippen LogP contribution >= 0.6 is 11.6 Å². The van der Waals surface area contributed by atoms with E-state index >= 15 is 0 Å². The summed E-state index contributed by atoms with van der Waals surface area (Å²) in [5.41, 5.74) is 1.49. The Hall–Kier alpha value is -2.27. The molecule has 116 valence electrons. The zero-order valence-electron chi connectivity index (χ0n) is 12.4. The Balaban J connectivity index is 2.09. The smallest absolute Gasteiger partial charge is 0.274 e. The maximum Gasteiger partial charge on any atom is 0.274 e. The molecule has 1 N–H and O–H groups in total. The number of hydrogen-bond donors (Lipinski definition) is 1. The van der Waals surface area contributed by atoms with Crippen LogP contribution in [0.4, 0.5) is 11.4 Å². The first-order valence-electron chi connectivity index (χ1n) is 6.89.